The van der Waals surface area contributed by atoms with Gasteiger partial charge in [0.1, 0.15) is 6.07 Å². The number of nitrogens with zero attached hydrogens (tertiary/aromatic N) is 4. The van der Waals surface area contributed by atoms with Crippen molar-refractivity contribution in [3.63, 3.8) is 0 Å². The zero-order valence-corrected chi connectivity index (χ0v) is 12.9. The normalized spacial score (nSPS) is 11.0. The molecule has 112 valence electrons. The van der Waals surface area contributed by atoms with E-state index in [1.807, 2.05) is 12.1 Å². The van der Waals surface area contributed by atoms with E-state index in [2.05, 4.69) is 30.4 Å². The van der Waals surface area contributed by atoms with Gasteiger partial charge >= 0.3 is 0 Å². The summed E-state index contributed by atoms with van der Waals surface area (Å²) in [5.74, 6) is 0.488. The number of aromatic amines is 3. The molecule has 23 heavy (non-hydrogen) atoms. The number of rotatable bonds is 2. The average molecular weight is 344 g/mol. The van der Waals surface area contributed by atoms with Crippen LogP contribution in [0, 0.1) is 11.3 Å². The van der Waals surface area contributed by atoms with Crippen molar-refractivity contribution in [2.24, 2.45) is 0 Å². The third-order valence-corrected chi connectivity index (χ3v) is 4.28. The Morgan fingerprint density at radius 3 is 2.78 bits per heavy atom. The highest BCUT2D eigenvalue weighted by atomic mass is 35.5. The van der Waals surface area contributed by atoms with E-state index >= 15 is 0 Å². The minimum absolute atomic E-state index is 0.0564. The summed E-state index contributed by atoms with van der Waals surface area (Å²) in [6.45, 7) is 0. The van der Waals surface area contributed by atoms with E-state index < -0.39 is 0 Å². The first-order valence-electron chi connectivity index (χ1n) is 6.50. The molecular formula is C14H7Cl2N7. The molecule has 0 spiro atoms. The number of halogens is 2. The van der Waals surface area contributed by atoms with Crippen LogP contribution in [0.3, 0.4) is 0 Å². The first-order valence-corrected chi connectivity index (χ1v) is 7.26. The lowest BCUT2D eigenvalue weighted by molar-refractivity contribution is 1.07. The lowest BCUT2D eigenvalue weighted by Gasteiger charge is -1.99. The third kappa shape index (κ3) is 2.08. The Balaban J connectivity index is 2.08. The fourth-order valence-corrected chi connectivity index (χ4v) is 2.86. The highest BCUT2D eigenvalue weighted by molar-refractivity contribution is 6.45. The van der Waals surface area contributed by atoms with Gasteiger partial charge in [0, 0.05) is 22.7 Å². The summed E-state index contributed by atoms with van der Waals surface area (Å²) < 4.78 is 0. The Morgan fingerprint density at radius 2 is 2.09 bits per heavy atom. The van der Waals surface area contributed by atoms with Crippen LogP contribution in [0.2, 0.25) is 10.0 Å². The molecule has 4 aromatic rings. The summed E-state index contributed by atoms with van der Waals surface area (Å²) in [5.41, 5.74) is 3.02. The fraction of sp³-hybridized carbons (Fsp3) is 0. The van der Waals surface area contributed by atoms with Crippen molar-refractivity contribution in [2.75, 3.05) is 0 Å². The molecule has 3 N–H and O–H groups in total. The molecule has 0 aliphatic heterocycles. The van der Waals surface area contributed by atoms with E-state index in [1.165, 1.54) is 0 Å². The van der Waals surface area contributed by atoms with E-state index in [1.54, 1.807) is 18.5 Å². The third-order valence-electron chi connectivity index (χ3n) is 3.47. The molecule has 0 saturated carbocycles. The van der Waals surface area contributed by atoms with Crippen LogP contribution in [0.1, 0.15) is 5.82 Å². The number of hydrogen-bond acceptors (Lipinski definition) is 4. The number of aromatic nitrogens is 6. The van der Waals surface area contributed by atoms with Crippen LogP contribution in [-0.2, 0) is 0 Å². The van der Waals surface area contributed by atoms with Crippen molar-refractivity contribution >= 4 is 34.1 Å². The summed E-state index contributed by atoms with van der Waals surface area (Å²) in [6, 6.07) is 5.49. The van der Waals surface area contributed by atoms with Gasteiger partial charge in [0.15, 0.2) is 5.82 Å². The Hall–Kier alpha value is -2.82. The summed E-state index contributed by atoms with van der Waals surface area (Å²) in [4.78, 5) is 7.37. The van der Waals surface area contributed by atoms with E-state index in [-0.39, 0.29) is 5.82 Å². The Morgan fingerprint density at radius 1 is 1.22 bits per heavy atom. The maximum atomic E-state index is 8.91. The quantitative estimate of drug-likeness (QED) is 0.517. The van der Waals surface area contributed by atoms with Gasteiger partial charge in [-0.05, 0) is 6.07 Å². The summed E-state index contributed by atoms with van der Waals surface area (Å²) >= 11 is 12.4. The molecule has 3 aromatic heterocycles. The predicted molar refractivity (Wildman–Crippen MR) is 86.0 cm³/mol. The van der Waals surface area contributed by atoms with Crippen molar-refractivity contribution in [3.05, 3.63) is 40.4 Å². The molecule has 4 rings (SSSR count). The summed E-state index contributed by atoms with van der Waals surface area (Å²) in [7, 11) is 0. The van der Waals surface area contributed by atoms with Crippen LogP contribution in [0.4, 0.5) is 0 Å². The second-order valence-corrected chi connectivity index (χ2v) is 5.55. The lowest BCUT2D eigenvalue weighted by Crippen LogP contribution is -1.84. The van der Waals surface area contributed by atoms with E-state index in [9.17, 15) is 0 Å². The molecule has 1 aromatic carbocycles. The fourth-order valence-electron chi connectivity index (χ4n) is 2.49. The topological polar surface area (TPSA) is 110 Å². The smallest absolute Gasteiger partial charge is 0.252 e. The zero-order valence-electron chi connectivity index (χ0n) is 11.4. The number of hydrogen-bond donors (Lipinski definition) is 3. The van der Waals surface area contributed by atoms with Gasteiger partial charge in [0.05, 0.1) is 27.5 Å². The van der Waals surface area contributed by atoms with Crippen molar-refractivity contribution in [3.8, 4) is 28.7 Å². The predicted octanol–water partition coefficient (Wildman–Crippen LogP) is 3.52. The van der Waals surface area contributed by atoms with Crippen molar-refractivity contribution < 1.29 is 0 Å². The van der Waals surface area contributed by atoms with Crippen molar-refractivity contribution in [1.29, 1.82) is 5.26 Å². The highest BCUT2D eigenvalue weighted by Crippen LogP contribution is 2.41. The van der Waals surface area contributed by atoms with Gasteiger partial charge in [-0.15, -0.1) is 5.10 Å². The van der Waals surface area contributed by atoms with Gasteiger partial charge in [-0.25, -0.2) is 0 Å². The van der Waals surface area contributed by atoms with E-state index in [0.29, 0.717) is 27.1 Å². The van der Waals surface area contributed by atoms with Crippen LogP contribution in [-0.4, -0.2) is 30.4 Å². The van der Waals surface area contributed by atoms with Crippen LogP contribution in [0.5, 0.6) is 0 Å². The van der Waals surface area contributed by atoms with Gasteiger partial charge in [-0.1, -0.05) is 29.3 Å². The van der Waals surface area contributed by atoms with Gasteiger partial charge in [0.2, 0.25) is 0 Å². The minimum atomic E-state index is 0.0564. The molecule has 0 aliphatic rings. The largest absolute Gasteiger partial charge is 0.350 e. The number of fused-ring (bicyclic) bond motifs is 1. The standard InChI is InChI=1S/C14H7Cl2N7/c15-8-2-1-7-10(6-4-18-19-5-6)13(21-12(7)11(8)16)14-20-9(3-17)22-23-14/h1-2,4-5,21H,(H,18,19)(H,20,22,23). The minimum Gasteiger partial charge on any atom is -0.350 e. The molecule has 3 heterocycles. The zero-order chi connectivity index (χ0) is 16.0. The molecule has 0 unspecified atom stereocenters. The molecule has 0 fully saturated rings. The summed E-state index contributed by atoms with van der Waals surface area (Å²) in [6.07, 6.45) is 3.45. The Bertz CT molecular complexity index is 1050. The molecule has 0 amide bonds. The van der Waals surface area contributed by atoms with Gasteiger partial charge in [-0.2, -0.15) is 15.3 Å². The van der Waals surface area contributed by atoms with Crippen LogP contribution in [0.15, 0.2) is 24.5 Å². The van der Waals surface area contributed by atoms with Gasteiger partial charge in [-0.3, -0.25) is 10.2 Å². The van der Waals surface area contributed by atoms with Crippen LogP contribution < -0.4 is 0 Å². The molecular weight excluding hydrogens is 337 g/mol. The molecule has 0 aliphatic carbocycles. The van der Waals surface area contributed by atoms with E-state index in [4.69, 9.17) is 28.5 Å². The van der Waals surface area contributed by atoms with Crippen LogP contribution in [0.25, 0.3) is 33.5 Å². The number of nitrogens with one attached hydrogen (secondary N) is 3. The molecule has 7 nitrogen and oxygen atoms in total. The lowest BCUT2D eigenvalue weighted by atomic mass is 10.0. The SMILES string of the molecule is N#Cc1n[nH]c(-c2[nH]c3c(Cl)c(Cl)ccc3c2-c2cn[nH]c2)n1. The maximum absolute atomic E-state index is 8.91. The van der Waals surface area contributed by atoms with Gasteiger partial charge in [0.25, 0.3) is 5.82 Å². The Labute approximate surface area is 139 Å². The second-order valence-electron chi connectivity index (χ2n) is 4.77. The molecule has 0 bridgehead atoms. The number of H-pyrrole nitrogens is 3. The molecule has 0 atom stereocenters. The van der Waals surface area contributed by atoms with Crippen LogP contribution >= 0.6 is 23.2 Å². The monoisotopic (exact) mass is 343 g/mol. The second kappa shape index (κ2) is 5.12. The first kappa shape index (κ1) is 13.8. The molecule has 0 saturated heterocycles. The van der Waals surface area contributed by atoms with Gasteiger partial charge < -0.3 is 4.98 Å². The summed E-state index contributed by atoms with van der Waals surface area (Å²) in [5, 5.41) is 24.0. The van der Waals surface area contributed by atoms with E-state index in [0.717, 1.165) is 16.5 Å². The van der Waals surface area contributed by atoms with Crippen molar-refractivity contribution in [2.45, 2.75) is 0 Å². The number of nitriles is 1. The number of benzene rings is 1. The Kier molecular flexibility index (Phi) is 3.08. The van der Waals surface area contributed by atoms with Crippen molar-refractivity contribution in [1.82, 2.24) is 30.4 Å². The average Bonchev–Trinajstić information content (AvgIpc) is 3.28. The molecule has 9 heteroatoms. The maximum Gasteiger partial charge on any atom is 0.252 e. The first-order chi connectivity index (χ1) is 11.2. The highest BCUT2D eigenvalue weighted by Gasteiger charge is 2.20. The molecule has 0 radical (unpaired) electrons.